The van der Waals surface area contributed by atoms with E-state index in [0.717, 1.165) is 42.4 Å². The van der Waals surface area contributed by atoms with Crippen molar-refractivity contribution in [1.29, 1.82) is 0 Å². The summed E-state index contributed by atoms with van der Waals surface area (Å²) in [6.45, 7) is 6.25. The minimum Gasteiger partial charge on any atom is -0.378 e. The summed E-state index contributed by atoms with van der Waals surface area (Å²) in [4.78, 5) is 0. The van der Waals surface area contributed by atoms with Crippen molar-refractivity contribution >= 4 is 11.3 Å². The Morgan fingerprint density at radius 2 is 2.05 bits per heavy atom. The highest BCUT2D eigenvalue weighted by Crippen LogP contribution is 2.19. The van der Waals surface area contributed by atoms with Gasteiger partial charge in [0, 0.05) is 32.0 Å². The zero-order valence-electron chi connectivity index (χ0n) is 12.0. The van der Waals surface area contributed by atoms with Crippen LogP contribution in [0.25, 0.3) is 0 Å². The molecule has 5 heteroatoms. The molecule has 0 radical (unpaired) electrons. The van der Waals surface area contributed by atoms with Gasteiger partial charge in [0.1, 0.15) is 10.0 Å². The number of aryl methyl sites for hydroxylation is 1. The Morgan fingerprint density at radius 1 is 1.26 bits per heavy atom. The second kappa shape index (κ2) is 7.92. The zero-order valence-corrected chi connectivity index (χ0v) is 12.8. The minimum absolute atomic E-state index is 0.448. The van der Waals surface area contributed by atoms with Gasteiger partial charge < -0.3 is 10.1 Å². The van der Waals surface area contributed by atoms with Crippen LogP contribution in [-0.4, -0.2) is 35.5 Å². The van der Waals surface area contributed by atoms with Crippen molar-refractivity contribution in [2.24, 2.45) is 0 Å². The lowest BCUT2D eigenvalue weighted by Crippen LogP contribution is -2.24. The number of rotatable bonds is 7. The summed E-state index contributed by atoms with van der Waals surface area (Å²) in [5.41, 5.74) is 0. The van der Waals surface area contributed by atoms with Crippen LogP contribution in [0.4, 0.5) is 0 Å². The first-order chi connectivity index (χ1) is 9.24. The average Bonchev–Trinajstić information content (AvgIpc) is 2.85. The van der Waals surface area contributed by atoms with Crippen molar-refractivity contribution in [2.75, 3.05) is 13.2 Å². The summed E-state index contributed by atoms with van der Waals surface area (Å²) >= 11 is 1.76. The molecule has 1 saturated heterocycles. The van der Waals surface area contributed by atoms with Crippen molar-refractivity contribution in [1.82, 2.24) is 15.5 Å². The highest BCUT2D eigenvalue weighted by Gasteiger charge is 2.14. The third kappa shape index (κ3) is 5.55. The van der Waals surface area contributed by atoms with Gasteiger partial charge in [-0.1, -0.05) is 13.8 Å². The second-order valence-electron chi connectivity index (χ2n) is 5.48. The molecule has 1 atom stereocenters. The number of aromatic nitrogens is 2. The van der Waals surface area contributed by atoms with Crippen LogP contribution < -0.4 is 5.32 Å². The molecular formula is C14H25N3OS. The monoisotopic (exact) mass is 283 g/mol. The third-order valence-corrected chi connectivity index (χ3v) is 4.40. The maximum atomic E-state index is 5.74. The van der Waals surface area contributed by atoms with Gasteiger partial charge >= 0.3 is 0 Å². The van der Waals surface area contributed by atoms with Crippen LogP contribution in [0, 0.1) is 0 Å². The van der Waals surface area contributed by atoms with Gasteiger partial charge in [-0.05, 0) is 25.7 Å². The summed E-state index contributed by atoms with van der Waals surface area (Å²) in [6.07, 6.45) is 7.29. The van der Waals surface area contributed by atoms with Crippen LogP contribution in [0.1, 0.15) is 49.5 Å². The molecule has 0 amide bonds. The van der Waals surface area contributed by atoms with Gasteiger partial charge in [-0.3, -0.25) is 0 Å². The highest BCUT2D eigenvalue weighted by atomic mass is 32.1. The molecule has 19 heavy (non-hydrogen) atoms. The van der Waals surface area contributed by atoms with Gasteiger partial charge in [0.2, 0.25) is 0 Å². The van der Waals surface area contributed by atoms with Crippen LogP contribution in [0.15, 0.2) is 0 Å². The van der Waals surface area contributed by atoms with Gasteiger partial charge in [-0.25, -0.2) is 0 Å². The number of ether oxygens (including phenoxy) is 1. The quantitative estimate of drug-likeness (QED) is 0.835. The molecule has 1 aliphatic heterocycles. The molecule has 1 aliphatic rings. The van der Waals surface area contributed by atoms with Crippen molar-refractivity contribution < 1.29 is 4.74 Å². The van der Waals surface area contributed by atoms with E-state index in [2.05, 4.69) is 29.4 Å². The van der Waals surface area contributed by atoms with E-state index < -0.39 is 0 Å². The lowest BCUT2D eigenvalue weighted by Gasteiger charge is -2.21. The molecular weight excluding hydrogens is 258 g/mol. The molecule has 1 aromatic heterocycles. The largest absolute Gasteiger partial charge is 0.378 e. The molecule has 1 aromatic rings. The molecule has 0 aliphatic carbocycles. The number of nitrogens with zero attached hydrogens (tertiary/aromatic N) is 2. The summed E-state index contributed by atoms with van der Waals surface area (Å²) in [5, 5.41) is 14.3. The van der Waals surface area contributed by atoms with Gasteiger partial charge in [-0.15, -0.1) is 21.5 Å². The third-order valence-electron chi connectivity index (χ3n) is 3.35. The number of hydrogen-bond acceptors (Lipinski definition) is 5. The summed E-state index contributed by atoms with van der Waals surface area (Å²) < 4.78 is 5.74. The smallest absolute Gasteiger partial charge is 0.118 e. The lowest BCUT2D eigenvalue weighted by molar-refractivity contribution is 0.0115. The average molecular weight is 283 g/mol. The van der Waals surface area contributed by atoms with Crippen molar-refractivity contribution in [2.45, 2.75) is 64.5 Å². The highest BCUT2D eigenvalue weighted by molar-refractivity contribution is 7.11. The topological polar surface area (TPSA) is 47.0 Å². The summed E-state index contributed by atoms with van der Waals surface area (Å²) in [7, 11) is 0. The van der Waals surface area contributed by atoms with Crippen LogP contribution in [0.2, 0.25) is 0 Å². The van der Waals surface area contributed by atoms with Crippen LogP contribution in [-0.2, 0) is 17.6 Å². The summed E-state index contributed by atoms with van der Waals surface area (Å²) in [5.74, 6) is 0. The van der Waals surface area contributed by atoms with Crippen molar-refractivity contribution in [3.05, 3.63) is 10.0 Å². The molecule has 2 heterocycles. The first-order valence-electron chi connectivity index (χ1n) is 7.40. The maximum Gasteiger partial charge on any atom is 0.118 e. The normalized spacial score (nSPS) is 20.1. The first-order valence-corrected chi connectivity index (χ1v) is 8.22. The van der Waals surface area contributed by atoms with E-state index in [1.807, 2.05) is 0 Å². The number of hydrogen-bond donors (Lipinski definition) is 1. The fraction of sp³-hybridized carbons (Fsp3) is 0.857. The lowest BCUT2D eigenvalue weighted by atomic mass is 10.1. The van der Waals surface area contributed by atoms with Gasteiger partial charge in [0.15, 0.2) is 0 Å². The Balaban J connectivity index is 1.68. The zero-order chi connectivity index (χ0) is 13.5. The Kier molecular flexibility index (Phi) is 6.20. The Morgan fingerprint density at radius 3 is 2.74 bits per heavy atom. The molecule has 0 saturated carbocycles. The van der Waals surface area contributed by atoms with Crippen molar-refractivity contribution in [3.8, 4) is 0 Å². The predicted octanol–water partition coefficient (Wildman–Crippen LogP) is 2.58. The van der Waals surface area contributed by atoms with Crippen LogP contribution >= 0.6 is 11.3 Å². The van der Waals surface area contributed by atoms with Gasteiger partial charge in [0.25, 0.3) is 0 Å². The Hall–Kier alpha value is -0.520. The fourth-order valence-corrected chi connectivity index (χ4v) is 3.14. The van der Waals surface area contributed by atoms with Crippen LogP contribution in [0.3, 0.4) is 0 Å². The molecule has 1 unspecified atom stereocenters. The SMILES string of the molecule is CC(C)NCCc1nnc(CCC2CCCCO2)s1. The van der Waals surface area contributed by atoms with Gasteiger partial charge in [-0.2, -0.15) is 0 Å². The van der Waals surface area contributed by atoms with Crippen molar-refractivity contribution in [3.63, 3.8) is 0 Å². The van der Waals surface area contributed by atoms with E-state index in [1.54, 1.807) is 11.3 Å². The molecule has 1 fully saturated rings. The van der Waals surface area contributed by atoms with E-state index in [1.165, 1.54) is 19.3 Å². The molecule has 1 N–H and O–H groups in total. The minimum atomic E-state index is 0.448. The van der Waals surface area contributed by atoms with E-state index in [9.17, 15) is 0 Å². The van der Waals surface area contributed by atoms with E-state index in [4.69, 9.17) is 4.74 Å². The van der Waals surface area contributed by atoms with Gasteiger partial charge in [0.05, 0.1) is 6.10 Å². The predicted molar refractivity (Wildman–Crippen MR) is 78.7 cm³/mol. The Bertz CT molecular complexity index is 361. The first kappa shape index (κ1) is 14.9. The standard InChI is InChI=1S/C14H25N3OS/c1-11(2)15-9-8-14-17-16-13(19-14)7-6-12-5-3-4-10-18-12/h11-12,15H,3-10H2,1-2H3. The summed E-state index contributed by atoms with van der Waals surface area (Å²) in [6, 6.07) is 0.538. The molecule has 0 bridgehead atoms. The molecule has 0 spiro atoms. The second-order valence-corrected chi connectivity index (χ2v) is 6.62. The molecule has 108 valence electrons. The van der Waals surface area contributed by atoms with Crippen LogP contribution in [0.5, 0.6) is 0 Å². The number of nitrogens with one attached hydrogen (secondary N) is 1. The molecule has 0 aromatic carbocycles. The molecule has 4 nitrogen and oxygen atoms in total. The maximum absolute atomic E-state index is 5.74. The Labute approximate surface area is 120 Å². The fourth-order valence-electron chi connectivity index (χ4n) is 2.28. The van der Waals surface area contributed by atoms with E-state index in [0.29, 0.717) is 12.1 Å². The van der Waals surface area contributed by atoms with E-state index >= 15 is 0 Å². The molecule has 2 rings (SSSR count). The van der Waals surface area contributed by atoms with E-state index in [-0.39, 0.29) is 0 Å².